The van der Waals surface area contributed by atoms with Gasteiger partial charge in [-0.05, 0) is 45.2 Å². The predicted molar refractivity (Wildman–Crippen MR) is 98.8 cm³/mol. The Balaban J connectivity index is 2.15. The molecule has 1 saturated heterocycles. The summed E-state index contributed by atoms with van der Waals surface area (Å²) >= 11 is 0. The average Bonchev–Trinajstić information content (AvgIpc) is 2.68. The van der Waals surface area contributed by atoms with Crippen molar-refractivity contribution in [2.24, 2.45) is 0 Å². The number of esters is 1. The Hall–Kier alpha value is -2.46. The van der Waals surface area contributed by atoms with E-state index in [4.69, 9.17) is 4.74 Å². The molecule has 154 valence electrons. The van der Waals surface area contributed by atoms with Gasteiger partial charge in [-0.15, -0.1) is 0 Å². The van der Waals surface area contributed by atoms with Gasteiger partial charge >= 0.3 is 12.1 Å². The van der Waals surface area contributed by atoms with Crippen molar-refractivity contribution in [3.63, 3.8) is 0 Å². The summed E-state index contributed by atoms with van der Waals surface area (Å²) in [4.78, 5) is 35.6. The fourth-order valence-corrected chi connectivity index (χ4v) is 4.48. The molecule has 2 rings (SSSR count). The van der Waals surface area contributed by atoms with Crippen LogP contribution in [-0.2, 0) is 29.1 Å². The number of hydrogen-bond acceptors (Lipinski definition) is 7. The molecule has 1 aliphatic heterocycles. The summed E-state index contributed by atoms with van der Waals surface area (Å²) in [6.07, 6.45) is -0.697. The van der Waals surface area contributed by atoms with E-state index in [2.05, 4.69) is 4.74 Å². The Labute approximate surface area is 164 Å². The zero-order valence-electron chi connectivity index (χ0n) is 16.0. The van der Waals surface area contributed by atoms with Crippen molar-refractivity contribution in [1.29, 1.82) is 0 Å². The van der Waals surface area contributed by atoms with Crippen molar-refractivity contribution >= 4 is 28.0 Å². The third-order valence-electron chi connectivity index (χ3n) is 4.43. The van der Waals surface area contributed by atoms with Crippen LogP contribution in [0.25, 0.3) is 0 Å². The molecule has 0 unspecified atom stereocenters. The highest BCUT2D eigenvalue weighted by Gasteiger charge is 2.39. The smallest absolute Gasteiger partial charge is 0.413 e. The first-order valence-corrected chi connectivity index (χ1v) is 10.3. The number of amides is 2. The number of benzene rings is 1. The number of nitrogens with zero attached hydrogens (tertiary/aromatic N) is 1. The third-order valence-corrected chi connectivity index (χ3v) is 6.35. The van der Waals surface area contributed by atoms with Crippen LogP contribution in [-0.4, -0.2) is 56.5 Å². The van der Waals surface area contributed by atoms with Gasteiger partial charge in [-0.3, -0.25) is 14.9 Å². The number of hydrogen-bond donors (Lipinski definition) is 1. The van der Waals surface area contributed by atoms with Crippen LogP contribution in [0.3, 0.4) is 0 Å². The SMILES string of the molecule is COC(=O)NC(=O)[C@H](C)OC(=O)[C@H]1CCCCN1S(=O)(=O)c1ccc(C)cc1. The van der Waals surface area contributed by atoms with Crippen LogP contribution in [0.2, 0.25) is 0 Å². The Morgan fingerprint density at radius 3 is 2.43 bits per heavy atom. The molecule has 0 spiro atoms. The zero-order chi connectivity index (χ0) is 20.9. The molecule has 1 fully saturated rings. The summed E-state index contributed by atoms with van der Waals surface area (Å²) in [5.74, 6) is -1.69. The van der Waals surface area contributed by atoms with Gasteiger partial charge < -0.3 is 9.47 Å². The van der Waals surface area contributed by atoms with Gasteiger partial charge in [-0.25, -0.2) is 13.2 Å². The van der Waals surface area contributed by atoms with Crippen molar-refractivity contribution in [3.8, 4) is 0 Å². The van der Waals surface area contributed by atoms with Crippen LogP contribution < -0.4 is 5.32 Å². The van der Waals surface area contributed by atoms with Gasteiger partial charge in [0.25, 0.3) is 5.91 Å². The number of aryl methyl sites for hydroxylation is 1. The Kier molecular flexibility index (Phi) is 7.14. The van der Waals surface area contributed by atoms with E-state index >= 15 is 0 Å². The minimum absolute atomic E-state index is 0.0919. The molecule has 1 aromatic carbocycles. The van der Waals surface area contributed by atoms with Gasteiger partial charge in [0.05, 0.1) is 12.0 Å². The second-order valence-corrected chi connectivity index (χ2v) is 8.39. The third kappa shape index (κ3) is 5.08. The highest BCUT2D eigenvalue weighted by atomic mass is 32.2. The summed E-state index contributed by atoms with van der Waals surface area (Å²) in [5, 5.41) is 1.90. The quantitative estimate of drug-likeness (QED) is 0.725. The van der Waals surface area contributed by atoms with Gasteiger partial charge in [0.1, 0.15) is 6.04 Å². The second-order valence-electron chi connectivity index (χ2n) is 6.50. The van der Waals surface area contributed by atoms with E-state index < -0.39 is 40.1 Å². The number of alkyl carbamates (subject to hydrolysis) is 1. The number of methoxy groups -OCH3 is 1. The standard InChI is InChI=1S/C18H24N2O7S/c1-12-7-9-14(10-8-12)28(24,25)20-11-5-4-6-15(20)17(22)27-13(2)16(21)19-18(23)26-3/h7-10,13,15H,4-6,11H2,1-3H3,(H,19,21,23)/t13-,15+/m0/s1. The summed E-state index contributed by atoms with van der Waals surface area (Å²) in [6, 6.07) is 5.32. The summed E-state index contributed by atoms with van der Waals surface area (Å²) in [5.41, 5.74) is 0.916. The molecule has 1 aliphatic rings. The molecule has 0 radical (unpaired) electrons. The second kappa shape index (κ2) is 9.16. The van der Waals surface area contributed by atoms with E-state index in [-0.39, 0.29) is 17.9 Å². The van der Waals surface area contributed by atoms with Gasteiger partial charge in [-0.2, -0.15) is 4.31 Å². The van der Waals surface area contributed by atoms with E-state index in [0.29, 0.717) is 12.8 Å². The first-order chi connectivity index (χ1) is 13.2. The van der Waals surface area contributed by atoms with Gasteiger partial charge in [0, 0.05) is 6.54 Å². The summed E-state index contributed by atoms with van der Waals surface area (Å²) < 4.78 is 36.5. The number of rotatable bonds is 5. The first-order valence-electron chi connectivity index (χ1n) is 8.84. The van der Waals surface area contributed by atoms with Crippen molar-refractivity contribution in [2.75, 3.05) is 13.7 Å². The maximum Gasteiger partial charge on any atom is 0.413 e. The van der Waals surface area contributed by atoms with E-state index in [1.807, 2.05) is 12.2 Å². The van der Waals surface area contributed by atoms with Crippen LogP contribution in [0.4, 0.5) is 4.79 Å². The first kappa shape index (κ1) is 21.8. The van der Waals surface area contributed by atoms with Crippen LogP contribution >= 0.6 is 0 Å². The minimum Gasteiger partial charge on any atom is -0.453 e. The fourth-order valence-electron chi connectivity index (χ4n) is 2.83. The van der Waals surface area contributed by atoms with E-state index in [0.717, 1.165) is 17.0 Å². The molecule has 1 heterocycles. The maximum absolute atomic E-state index is 13.0. The van der Waals surface area contributed by atoms with Crippen LogP contribution in [0.5, 0.6) is 0 Å². The summed E-state index contributed by atoms with van der Waals surface area (Å²) in [7, 11) is -2.80. The molecule has 0 saturated carbocycles. The molecule has 9 nitrogen and oxygen atoms in total. The van der Waals surface area contributed by atoms with E-state index in [1.165, 1.54) is 19.1 Å². The predicted octanol–water partition coefficient (Wildman–Crippen LogP) is 1.35. The Bertz CT molecular complexity index is 836. The van der Waals surface area contributed by atoms with Crippen molar-refractivity contribution in [2.45, 2.75) is 50.2 Å². The number of carbonyl (C=O) groups is 3. The van der Waals surface area contributed by atoms with Gasteiger partial charge in [-0.1, -0.05) is 17.7 Å². The molecule has 1 aromatic rings. The minimum atomic E-state index is -3.89. The zero-order valence-corrected chi connectivity index (χ0v) is 16.8. The fraction of sp³-hybridized carbons (Fsp3) is 0.500. The molecule has 1 N–H and O–H groups in total. The molecular formula is C18H24N2O7S. The number of imide groups is 1. The number of sulfonamides is 1. The molecule has 28 heavy (non-hydrogen) atoms. The summed E-state index contributed by atoms with van der Waals surface area (Å²) in [6.45, 7) is 3.31. The highest BCUT2D eigenvalue weighted by Crippen LogP contribution is 2.26. The highest BCUT2D eigenvalue weighted by molar-refractivity contribution is 7.89. The Morgan fingerprint density at radius 2 is 1.82 bits per heavy atom. The molecule has 0 bridgehead atoms. The van der Waals surface area contributed by atoms with Gasteiger partial charge in [0.2, 0.25) is 10.0 Å². The molecule has 0 aliphatic carbocycles. The number of ether oxygens (including phenoxy) is 2. The van der Waals surface area contributed by atoms with Crippen molar-refractivity contribution in [1.82, 2.24) is 9.62 Å². The number of piperidine rings is 1. The van der Waals surface area contributed by atoms with E-state index in [9.17, 15) is 22.8 Å². The van der Waals surface area contributed by atoms with Crippen molar-refractivity contribution < 1.29 is 32.3 Å². The molecular weight excluding hydrogens is 388 g/mol. The lowest BCUT2D eigenvalue weighted by Gasteiger charge is -2.33. The maximum atomic E-state index is 13.0. The lowest BCUT2D eigenvalue weighted by Crippen LogP contribution is -2.50. The monoisotopic (exact) mass is 412 g/mol. The lowest BCUT2D eigenvalue weighted by molar-refractivity contribution is -0.159. The lowest BCUT2D eigenvalue weighted by atomic mass is 10.1. The number of nitrogens with one attached hydrogen (secondary N) is 1. The van der Waals surface area contributed by atoms with Crippen LogP contribution in [0, 0.1) is 6.92 Å². The Morgan fingerprint density at radius 1 is 1.18 bits per heavy atom. The van der Waals surface area contributed by atoms with Crippen LogP contribution in [0.1, 0.15) is 31.7 Å². The normalized spacial score (nSPS) is 18.8. The largest absolute Gasteiger partial charge is 0.453 e. The molecule has 2 atom stereocenters. The van der Waals surface area contributed by atoms with Crippen molar-refractivity contribution in [3.05, 3.63) is 29.8 Å². The van der Waals surface area contributed by atoms with Crippen LogP contribution in [0.15, 0.2) is 29.2 Å². The number of carbonyl (C=O) groups excluding carboxylic acids is 3. The van der Waals surface area contributed by atoms with E-state index in [1.54, 1.807) is 12.1 Å². The topological polar surface area (TPSA) is 119 Å². The molecule has 0 aromatic heterocycles. The molecule has 10 heteroatoms. The molecule has 2 amide bonds. The van der Waals surface area contributed by atoms with Gasteiger partial charge in [0.15, 0.2) is 6.10 Å². The average molecular weight is 412 g/mol.